The minimum atomic E-state index is 0.834. The van der Waals surface area contributed by atoms with Gasteiger partial charge in [-0.1, -0.05) is 19.3 Å². The van der Waals surface area contributed by atoms with E-state index in [2.05, 4.69) is 17.3 Å². The lowest BCUT2D eigenvalue weighted by Gasteiger charge is -2.30. The van der Waals surface area contributed by atoms with Crippen LogP contribution in [0.3, 0.4) is 0 Å². The fourth-order valence-electron chi connectivity index (χ4n) is 2.07. The molecule has 1 heterocycles. The molecule has 1 aliphatic heterocycles. The second kappa shape index (κ2) is 3.11. The van der Waals surface area contributed by atoms with Gasteiger partial charge in [-0.15, -0.1) is 0 Å². The molecule has 2 heteroatoms. The van der Waals surface area contributed by atoms with E-state index in [0.717, 1.165) is 18.6 Å². The molecule has 0 spiro atoms. The smallest absolute Gasteiger partial charge is 0.0481 e. The number of nitrogens with zero attached hydrogens (tertiary/aromatic N) is 1. The number of rotatable bonds is 2. The van der Waals surface area contributed by atoms with Crippen LogP contribution in [0.25, 0.3) is 0 Å². The van der Waals surface area contributed by atoms with Crippen LogP contribution in [0.5, 0.6) is 0 Å². The molecule has 2 aliphatic rings. The van der Waals surface area contributed by atoms with E-state index in [9.17, 15) is 0 Å². The maximum Gasteiger partial charge on any atom is 0.0481 e. The van der Waals surface area contributed by atoms with Crippen molar-refractivity contribution in [2.45, 2.75) is 31.7 Å². The zero-order chi connectivity index (χ0) is 7.68. The third-order valence-corrected chi connectivity index (χ3v) is 3.19. The van der Waals surface area contributed by atoms with Crippen molar-refractivity contribution >= 4 is 0 Å². The highest BCUT2D eigenvalue weighted by Crippen LogP contribution is 2.31. The quantitative estimate of drug-likeness (QED) is 0.639. The van der Waals surface area contributed by atoms with Gasteiger partial charge in [0.25, 0.3) is 0 Å². The van der Waals surface area contributed by atoms with E-state index in [-0.39, 0.29) is 0 Å². The summed E-state index contributed by atoms with van der Waals surface area (Å²) < 4.78 is 0. The largest absolute Gasteiger partial charge is 0.303 e. The Balaban J connectivity index is 1.75. The van der Waals surface area contributed by atoms with E-state index in [1.165, 1.54) is 32.2 Å². The lowest BCUT2D eigenvalue weighted by atomic mass is 9.81. The molecular weight excluding hydrogens is 136 g/mol. The Morgan fingerprint density at radius 2 is 2.27 bits per heavy atom. The van der Waals surface area contributed by atoms with Crippen molar-refractivity contribution in [1.29, 1.82) is 0 Å². The molecule has 0 aromatic rings. The second-order valence-electron chi connectivity index (χ2n) is 4.06. The maximum absolute atomic E-state index is 3.40. The molecule has 1 aliphatic carbocycles. The van der Waals surface area contributed by atoms with Crippen molar-refractivity contribution in [3.8, 4) is 0 Å². The summed E-state index contributed by atoms with van der Waals surface area (Å²) in [4.78, 5) is 2.44. The molecule has 1 N–H and O–H groups in total. The summed E-state index contributed by atoms with van der Waals surface area (Å²) in [6, 6.07) is 0.834. The van der Waals surface area contributed by atoms with Crippen molar-refractivity contribution in [2.75, 3.05) is 20.3 Å². The highest BCUT2D eigenvalue weighted by Gasteiger charge is 2.26. The molecule has 11 heavy (non-hydrogen) atoms. The predicted molar refractivity (Wildman–Crippen MR) is 46.4 cm³/mol. The summed E-state index contributed by atoms with van der Waals surface area (Å²) >= 11 is 0. The topological polar surface area (TPSA) is 15.3 Å². The lowest BCUT2D eigenvalue weighted by Crippen LogP contribution is -2.30. The van der Waals surface area contributed by atoms with Gasteiger partial charge in [-0.3, -0.25) is 4.90 Å². The number of likely N-dealkylation sites (N-methyl/N-ethyl adjacent to an activating group) is 1. The van der Waals surface area contributed by atoms with Crippen LogP contribution >= 0.6 is 0 Å². The Hall–Kier alpha value is -0.0800. The first-order valence-corrected chi connectivity index (χ1v) is 4.77. The van der Waals surface area contributed by atoms with Gasteiger partial charge in [0.1, 0.15) is 0 Å². The van der Waals surface area contributed by atoms with Crippen molar-refractivity contribution < 1.29 is 0 Å². The van der Waals surface area contributed by atoms with E-state index in [0.29, 0.717) is 0 Å². The van der Waals surface area contributed by atoms with Gasteiger partial charge in [-0.2, -0.15) is 0 Å². The van der Waals surface area contributed by atoms with E-state index in [1.807, 2.05) is 0 Å². The number of hydrogen-bond donors (Lipinski definition) is 1. The van der Waals surface area contributed by atoms with Gasteiger partial charge in [0.2, 0.25) is 0 Å². The van der Waals surface area contributed by atoms with Gasteiger partial charge in [0, 0.05) is 19.3 Å². The third-order valence-electron chi connectivity index (χ3n) is 3.19. The molecule has 2 nitrogen and oxygen atoms in total. The highest BCUT2D eigenvalue weighted by molar-refractivity contribution is 4.82. The second-order valence-corrected chi connectivity index (χ2v) is 4.06. The maximum atomic E-state index is 3.40. The first-order chi connectivity index (χ1) is 5.36. The molecule has 1 saturated carbocycles. The van der Waals surface area contributed by atoms with Crippen LogP contribution in [0.4, 0.5) is 0 Å². The summed E-state index contributed by atoms with van der Waals surface area (Å²) in [5.74, 6) is 1.06. The molecule has 1 atom stereocenters. The van der Waals surface area contributed by atoms with Crippen molar-refractivity contribution in [1.82, 2.24) is 10.2 Å². The van der Waals surface area contributed by atoms with Gasteiger partial charge in [0.15, 0.2) is 0 Å². The highest BCUT2D eigenvalue weighted by atomic mass is 15.3. The zero-order valence-electron chi connectivity index (χ0n) is 7.34. The molecule has 1 saturated heterocycles. The summed E-state index contributed by atoms with van der Waals surface area (Å²) in [6.45, 7) is 2.31. The molecule has 2 rings (SSSR count). The van der Waals surface area contributed by atoms with E-state index < -0.39 is 0 Å². The summed E-state index contributed by atoms with van der Waals surface area (Å²) in [6.07, 6.45) is 5.90. The van der Waals surface area contributed by atoms with E-state index in [1.54, 1.807) is 0 Å². The van der Waals surface area contributed by atoms with Gasteiger partial charge in [0.05, 0.1) is 0 Å². The molecule has 2 fully saturated rings. The SMILES string of the molecule is CN1CNCC1CC1CCC1. The van der Waals surface area contributed by atoms with Crippen LogP contribution in [-0.4, -0.2) is 31.2 Å². The minimum Gasteiger partial charge on any atom is -0.303 e. The Morgan fingerprint density at radius 3 is 2.73 bits per heavy atom. The van der Waals surface area contributed by atoms with Crippen LogP contribution < -0.4 is 5.32 Å². The molecule has 0 aromatic heterocycles. The summed E-state index contributed by atoms with van der Waals surface area (Å²) in [5, 5.41) is 3.40. The summed E-state index contributed by atoms with van der Waals surface area (Å²) in [5.41, 5.74) is 0. The van der Waals surface area contributed by atoms with Gasteiger partial charge >= 0.3 is 0 Å². The lowest BCUT2D eigenvalue weighted by molar-refractivity contribution is 0.211. The molecule has 1 unspecified atom stereocenters. The average Bonchev–Trinajstić information content (AvgIpc) is 2.27. The van der Waals surface area contributed by atoms with Gasteiger partial charge in [-0.05, 0) is 19.4 Å². The van der Waals surface area contributed by atoms with Crippen LogP contribution in [0, 0.1) is 5.92 Å². The van der Waals surface area contributed by atoms with Crippen molar-refractivity contribution in [3.05, 3.63) is 0 Å². The minimum absolute atomic E-state index is 0.834. The van der Waals surface area contributed by atoms with Crippen LogP contribution in [-0.2, 0) is 0 Å². The Kier molecular flexibility index (Phi) is 2.14. The molecule has 0 aromatic carbocycles. The zero-order valence-corrected chi connectivity index (χ0v) is 7.34. The Morgan fingerprint density at radius 1 is 1.45 bits per heavy atom. The van der Waals surface area contributed by atoms with Crippen molar-refractivity contribution in [2.24, 2.45) is 5.92 Å². The predicted octanol–water partition coefficient (Wildman–Crippen LogP) is 1.04. The Labute approximate surface area is 69.0 Å². The standard InChI is InChI=1S/C9H18N2/c1-11-7-10-6-9(11)5-8-3-2-4-8/h8-10H,2-7H2,1H3. The average molecular weight is 154 g/mol. The van der Waals surface area contributed by atoms with Crippen LogP contribution in [0.15, 0.2) is 0 Å². The fourth-order valence-corrected chi connectivity index (χ4v) is 2.07. The first kappa shape index (κ1) is 7.56. The monoisotopic (exact) mass is 154 g/mol. The van der Waals surface area contributed by atoms with Crippen LogP contribution in [0.1, 0.15) is 25.7 Å². The van der Waals surface area contributed by atoms with Gasteiger partial charge in [-0.25, -0.2) is 0 Å². The normalized spacial score (nSPS) is 34.1. The van der Waals surface area contributed by atoms with Gasteiger partial charge < -0.3 is 5.32 Å². The third kappa shape index (κ3) is 1.57. The van der Waals surface area contributed by atoms with Crippen molar-refractivity contribution in [3.63, 3.8) is 0 Å². The fraction of sp³-hybridized carbons (Fsp3) is 1.00. The first-order valence-electron chi connectivity index (χ1n) is 4.77. The molecule has 0 bridgehead atoms. The molecule has 64 valence electrons. The van der Waals surface area contributed by atoms with E-state index >= 15 is 0 Å². The number of hydrogen-bond acceptors (Lipinski definition) is 2. The van der Waals surface area contributed by atoms with Crippen LogP contribution in [0.2, 0.25) is 0 Å². The Bertz CT molecular complexity index is 132. The summed E-state index contributed by atoms with van der Waals surface area (Å²) in [7, 11) is 2.23. The molecule has 0 amide bonds. The molecule has 0 radical (unpaired) electrons. The van der Waals surface area contributed by atoms with E-state index in [4.69, 9.17) is 0 Å². The number of nitrogens with one attached hydrogen (secondary N) is 1. The molecular formula is C9H18N2.